The predicted octanol–water partition coefficient (Wildman–Crippen LogP) is 2.83. The minimum atomic E-state index is 0.0601. The maximum absolute atomic E-state index is 12.5. The van der Waals surface area contributed by atoms with Crippen molar-refractivity contribution in [2.45, 2.75) is 84.5 Å². The van der Waals surface area contributed by atoms with Gasteiger partial charge in [-0.25, -0.2) is 0 Å². The molecule has 1 rings (SSSR count). The molecule has 4 nitrogen and oxygen atoms in total. The first-order valence-electron chi connectivity index (χ1n) is 8.78. The average Bonchev–Trinajstić information content (AvgIpc) is 2.72. The van der Waals surface area contributed by atoms with Crippen LogP contribution in [-0.2, 0) is 4.79 Å². The monoisotopic (exact) mass is 297 g/mol. The number of amides is 1. The van der Waals surface area contributed by atoms with Crippen molar-refractivity contribution < 1.29 is 4.79 Å². The standard InChI is InChI=1S/C17H35N3O/c1-6-10-15-17(21)20(16(18-15)11-7-2)13-9-8-12-19(5)14(3)4/h14-16,18H,6-13H2,1-5H3. The van der Waals surface area contributed by atoms with Crippen LogP contribution in [0.1, 0.15) is 66.2 Å². The fourth-order valence-electron chi connectivity index (χ4n) is 2.92. The van der Waals surface area contributed by atoms with E-state index in [1.54, 1.807) is 0 Å². The van der Waals surface area contributed by atoms with Gasteiger partial charge in [0.1, 0.15) is 0 Å². The van der Waals surface area contributed by atoms with Gasteiger partial charge in [0.25, 0.3) is 0 Å². The lowest BCUT2D eigenvalue weighted by atomic mass is 10.1. The van der Waals surface area contributed by atoms with Crippen molar-refractivity contribution >= 4 is 5.91 Å². The Bertz CT molecular complexity index is 306. The summed E-state index contributed by atoms with van der Waals surface area (Å²) in [4.78, 5) is 16.9. The Balaban J connectivity index is 2.41. The van der Waals surface area contributed by atoms with Gasteiger partial charge in [0.15, 0.2) is 0 Å². The minimum absolute atomic E-state index is 0.0601. The van der Waals surface area contributed by atoms with E-state index >= 15 is 0 Å². The molecule has 1 fully saturated rings. The maximum Gasteiger partial charge on any atom is 0.241 e. The van der Waals surface area contributed by atoms with Gasteiger partial charge in [-0.3, -0.25) is 10.1 Å². The minimum Gasteiger partial charge on any atom is -0.326 e. The molecular weight excluding hydrogens is 262 g/mol. The molecule has 0 bridgehead atoms. The molecule has 21 heavy (non-hydrogen) atoms. The van der Waals surface area contributed by atoms with Crippen molar-refractivity contribution in [3.8, 4) is 0 Å². The van der Waals surface area contributed by atoms with E-state index in [4.69, 9.17) is 0 Å². The third kappa shape index (κ3) is 5.59. The molecular formula is C17H35N3O. The number of unbranched alkanes of at least 4 members (excludes halogenated alkanes) is 1. The Kier molecular flexibility index (Phi) is 8.27. The van der Waals surface area contributed by atoms with Crippen LogP contribution >= 0.6 is 0 Å². The molecule has 1 amide bonds. The van der Waals surface area contributed by atoms with E-state index in [2.05, 4.69) is 49.9 Å². The van der Waals surface area contributed by atoms with Crippen molar-refractivity contribution in [1.82, 2.24) is 15.1 Å². The lowest BCUT2D eigenvalue weighted by Gasteiger charge is -2.25. The molecule has 0 aromatic rings. The van der Waals surface area contributed by atoms with Crippen LogP contribution in [0, 0.1) is 0 Å². The Labute approximate surface area is 131 Å². The molecule has 0 spiro atoms. The highest BCUT2D eigenvalue weighted by atomic mass is 16.2. The first-order valence-corrected chi connectivity index (χ1v) is 8.78. The van der Waals surface area contributed by atoms with Crippen molar-refractivity contribution in [2.24, 2.45) is 0 Å². The molecule has 4 heteroatoms. The van der Waals surface area contributed by atoms with Gasteiger partial charge in [0.05, 0.1) is 12.2 Å². The van der Waals surface area contributed by atoms with Gasteiger partial charge >= 0.3 is 0 Å². The molecule has 0 saturated carbocycles. The Hall–Kier alpha value is -0.610. The molecule has 1 aliphatic heterocycles. The van der Waals surface area contributed by atoms with Gasteiger partial charge in [-0.2, -0.15) is 0 Å². The van der Waals surface area contributed by atoms with Crippen molar-refractivity contribution in [1.29, 1.82) is 0 Å². The molecule has 124 valence electrons. The Morgan fingerprint density at radius 3 is 2.43 bits per heavy atom. The van der Waals surface area contributed by atoms with Gasteiger partial charge in [0, 0.05) is 12.6 Å². The summed E-state index contributed by atoms with van der Waals surface area (Å²) in [5, 5.41) is 3.53. The molecule has 1 aliphatic rings. The van der Waals surface area contributed by atoms with Crippen LogP contribution < -0.4 is 5.32 Å². The molecule has 0 aromatic heterocycles. The summed E-state index contributed by atoms with van der Waals surface area (Å²) in [6, 6.07) is 0.659. The molecule has 0 aliphatic carbocycles. The predicted molar refractivity (Wildman–Crippen MR) is 89.2 cm³/mol. The highest BCUT2D eigenvalue weighted by Gasteiger charge is 2.36. The quantitative estimate of drug-likeness (QED) is 0.630. The zero-order valence-corrected chi connectivity index (χ0v) is 14.7. The Morgan fingerprint density at radius 2 is 1.86 bits per heavy atom. The number of nitrogens with zero attached hydrogens (tertiary/aromatic N) is 2. The fraction of sp³-hybridized carbons (Fsp3) is 0.941. The third-order valence-corrected chi connectivity index (χ3v) is 4.53. The lowest BCUT2D eigenvalue weighted by Crippen LogP contribution is -2.38. The smallest absolute Gasteiger partial charge is 0.241 e. The van der Waals surface area contributed by atoms with Crippen LogP contribution in [0.25, 0.3) is 0 Å². The molecule has 2 unspecified atom stereocenters. The summed E-state index contributed by atoms with van der Waals surface area (Å²) in [5.41, 5.74) is 0. The summed E-state index contributed by atoms with van der Waals surface area (Å²) < 4.78 is 0. The highest BCUT2D eigenvalue weighted by molar-refractivity contribution is 5.84. The zero-order chi connectivity index (χ0) is 15.8. The summed E-state index contributed by atoms with van der Waals surface area (Å²) in [6.07, 6.45) is 6.75. The number of hydrogen-bond acceptors (Lipinski definition) is 3. The first kappa shape index (κ1) is 18.4. The first-order chi connectivity index (χ1) is 10.0. The van der Waals surface area contributed by atoms with Crippen LogP contribution in [0.15, 0.2) is 0 Å². The molecule has 0 aromatic carbocycles. The van der Waals surface area contributed by atoms with Crippen molar-refractivity contribution in [2.75, 3.05) is 20.1 Å². The number of rotatable bonds is 10. The van der Waals surface area contributed by atoms with E-state index in [-0.39, 0.29) is 12.2 Å². The molecule has 1 heterocycles. The van der Waals surface area contributed by atoms with E-state index in [1.165, 1.54) is 0 Å². The van der Waals surface area contributed by atoms with E-state index in [0.29, 0.717) is 11.9 Å². The van der Waals surface area contributed by atoms with Crippen LogP contribution in [0.2, 0.25) is 0 Å². The average molecular weight is 297 g/mol. The van der Waals surface area contributed by atoms with Crippen LogP contribution in [0.5, 0.6) is 0 Å². The summed E-state index contributed by atoms with van der Waals surface area (Å²) >= 11 is 0. The number of nitrogens with one attached hydrogen (secondary N) is 1. The van der Waals surface area contributed by atoms with Crippen LogP contribution in [-0.4, -0.2) is 54.1 Å². The van der Waals surface area contributed by atoms with Gasteiger partial charge in [-0.05, 0) is 53.1 Å². The van der Waals surface area contributed by atoms with Gasteiger partial charge < -0.3 is 9.80 Å². The second-order valence-corrected chi connectivity index (χ2v) is 6.63. The number of carbonyl (C=O) groups excluding carboxylic acids is 1. The maximum atomic E-state index is 12.5. The van der Waals surface area contributed by atoms with Crippen LogP contribution in [0.4, 0.5) is 0 Å². The van der Waals surface area contributed by atoms with E-state index in [9.17, 15) is 4.79 Å². The van der Waals surface area contributed by atoms with Gasteiger partial charge in [-0.1, -0.05) is 26.7 Å². The topological polar surface area (TPSA) is 35.6 Å². The zero-order valence-electron chi connectivity index (χ0n) is 14.7. The number of hydrogen-bond donors (Lipinski definition) is 1. The molecule has 2 atom stereocenters. The summed E-state index contributed by atoms with van der Waals surface area (Å²) in [6.45, 7) is 10.8. The van der Waals surface area contributed by atoms with Gasteiger partial charge in [0.2, 0.25) is 5.91 Å². The molecule has 0 radical (unpaired) electrons. The molecule has 1 N–H and O–H groups in total. The third-order valence-electron chi connectivity index (χ3n) is 4.53. The van der Waals surface area contributed by atoms with E-state index in [1.807, 2.05) is 0 Å². The summed E-state index contributed by atoms with van der Waals surface area (Å²) in [5.74, 6) is 0.326. The van der Waals surface area contributed by atoms with E-state index in [0.717, 1.165) is 51.6 Å². The largest absolute Gasteiger partial charge is 0.326 e. The second-order valence-electron chi connectivity index (χ2n) is 6.63. The lowest BCUT2D eigenvalue weighted by molar-refractivity contribution is -0.130. The van der Waals surface area contributed by atoms with Crippen LogP contribution in [0.3, 0.4) is 0 Å². The fourth-order valence-corrected chi connectivity index (χ4v) is 2.92. The Morgan fingerprint density at radius 1 is 1.19 bits per heavy atom. The van der Waals surface area contributed by atoms with Gasteiger partial charge in [-0.15, -0.1) is 0 Å². The summed E-state index contributed by atoms with van der Waals surface area (Å²) in [7, 11) is 2.17. The normalized spacial score (nSPS) is 22.8. The van der Waals surface area contributed by atoms with E-state index < -0.39 is 0 Å². The second kappa shape index (κ2) is 9.42. The van der Waals surface area contributed by atoms with Crippen molar-refractivity contribution in [3.63, 3.8) is 0 Å². The highest BCUT2D eigenvalue weighted by Crippen LogP contribution is 2.18. The molecule has 1 saturated heterocycles. The van der Waals surface area contributed by atoms with Crippen molar-refractivity contribution in [3.05, 3.63) is 0 Å². The number of carbonyl (C=O) groups is 1. The SMILES string of the molecule is CCCC1NC(CCC)N(CCCCN(C)C(C)C)C1=O.